The Morgan fingerprint density at radius 1 is 1.26 bits per heavy atom. The van der Waals surface area contributed by atoms with Crippen molar-refractivity contribution < 1.29 is 0 Å². The van der Waals surface area contributed by atoms with Crippen molar-refractivity contribution in [3.63, 3.8) is 0 Å². The van der Waals surface area contributed by atoms with Crippen LogP contribution in [0, 0.1) is 20.8 Å². The zero-order valence-corrected chi connectivity index (χ0v) is 13.0. The molecule has 1 N–H and O–H groups in total. The van der Waals surface area contributed by atoms with Crippen molar-refractivity contribution in [2.45, 2.75) is 40.2 Å². The second-order valence-corrected chi connectivity index (χ2v) is 6.22. The highest BCUT2D eigenvalue weighted by Crippen LogP contribution is 2.30. The third kappa shape index (κ3) is 3.43. The second-order valence-electron chi connectivity index (χ2n) is 4.98. The van der Waals surface area contributed by atoms with Crippen molar-refractivity contribution >= 4 is 11.3 Å². The van der Waals surface area contributed by atoms with Crippen molar-refractivity contribution in [1.29, 1.82) is 0 Å². The zero-order chi connectivity index (χ0) is 13.8. The van der Waals surface area contributed by atoms with Gasteiger partial charge in [-0.15, -0.1) is 11.3 Å². The number of benzene rings is 1. The van der Waals surface area contributed by atoms with E-state index in [0.29, 0.717) is 0 Å². The van der Waals surface area contributed by atoms with Gasteiger partial charge in [0.15, 0.2) is 0 Å². The smallest absolute Gasteiger partial charge is 0.0900 e. The maximum Gasteiger partial charge on any atom is 0.0900 e. The number of thiazole rings is 1. The third-order valence-electron chi connectivity index (χ3n) is 3.18. The summed E-state index contributed by atoms with van der Waals surface area (Å²) in [5, 5.41) is 4.80. The molecule has 0 bridgehead atoms. The highest BCUT2D eigenvalue weighted by Gasteiger charge is 2.18. The van der Waals surface area contributed by atoms with Crippen LogP contribution in [0.5, 0.6) is 0 Å². The van der Waals surface area contributed by atoms with Crippen LogP contribution in [0.25, 0.3) is 0 Å². The van der Waals surface area contributed by atoms with Gasteiger partial charge in [-0.1, -0.05) is 36.8 Å². The maximum atomic E-state index is 4.57. The van der Waals surface area contributed by atoms with Gasteiger partial charge in [-0.3, -0.25) is 0 Å². The van der Waals surface area contributed by atoms with Gasteiger partial charge in [-0.2, -0.15) is 0 Å². The molecule has 0 aliphatic carbocycles. The van der Waals surface area contributed by atoms with E-state index < -0.39 is 0 Å². The van der Waals surface area contributed by atoms with Crippen molar-refractivity contribution in [1.82, 2.24) is 10.3 Å². The summed E-state index contributed by atoms with van der Waals surface area (Å²) in [5.41, 5.74) is 3.79. The fraction of sp³-hybridized carbons (Fsp3) is 0.438. The predicted molar refractivity (Wildman–Crippen MR) is 82.9 cm³/mol. The second kappa shape index (κ2) is 6.31. The fourth-order valence-corrected chi connectivity index (χ4v) is 3.35. The highest BCUT2D eigenvalue weighted by molar-refractivity contribution is 7.11. The lowest BCUT2D eigenvalue weighted by Crippen LogP contribution is -2.23. The molecule has 0 saturated carbocycles. The number of hydrogen-bond donors (Lipinski definition) is 1. The molecule has 2 nitrogen and oxygen atoms in total. The first-order chi connectivity index (χ1) is 9.11. The molecule has 3 heteroatoms. The standard InChI is InChI=1S/C16H22N2S/c1-5-9-17-15(14-8-6-7-11(2)10-14)16-12(3)18-13(4)19-16/h6-8,10,15,17H,5,9H2,1-4H3. The Hall–Kier alpha value is -1.19. The summed E-state index contributed by atoms with van der Waals surface area (Å²) in [5.74, 6) is 0. The van der Waals surface area contributed by atoms with Crippen LogP contribution in [0.1, 0.15) is 46.1 Å². The highest BCUT2D eigenvalue weighted by atomic mass is 32.1. The molecular formula is C16H22N2S. The van der Waals surface area contributed by atoms with Crippen LogP contribution in [0.15, 0.2) is 24.3 Å². The normalized spacial score (nSPS) is 12.6. The molecule has 0 saturated heterocycles. The monoisotopic (exact) mass is 274 g/mol. The summed E-state index contributed by atoms with van der Waals surface area (Å²) >= 11 is 1.80. The topological polar surface area (TPSA) is 24.9 Å². The van der Waals surface area contributed by atoms with Gasteiger partial charge in [0.2, 0.25) is 0 Å². The average molecular weight is 274 g/mol. The van der Waals surface area contributed by atoms with Gasteiger partial charge >= 0.3 is 0 Å². The van der Waals surface area contributed by atoms with Gasteiger partial charge in [-0.05, 0) is 39.3 Å². The summed E-state index contributed by atoms with van der Waals surface area (Å²) in [6, 6.07) is 9.02. The minimum absolute atomic E-state index is 0.269. The molecule has 0 spiro atoms. The molecule has 2 rings (SSSR count). The van der Waals surface area contributed by atoms with E-state index in [9.17, 15) is 0 Å². The van der Waals surface area contributed by atoms with Crippen molar-refractivity contribution in [2.75, 3.05) is 6.54 Å². The van der Waals surface area contributed by atoms with Crippen LogP contribution in [0.2, 0.25) is 0 Å². The van der Waals surface area contributed by atoms with Gasteiger partial charge in [0.1, 0.15) is 0 Å². The number of aromatic nitrogens is 1. The molecule has 1 heterocycles. The van der Waals surface area contributed by atoms with Crippen molar-refractivity contribution in [2.24, 2.45) is 0 Å². The molecule has 102 valence electrons. The fourth-order valence-electron chi connectivity index (χ4n) is 2.32. The van der Waals surface area contributed by atoms with E-state index in [2.05, 4.69) is 62.3 Å². The number of hydrogen-bond acceptors (Lipinski definition) is 3. The molecule has 1 aromatic carbocycles. The molecule has 0 aliphatic rings. The first-order valence-electron chi connectivity index (χ1n) is 6.85. The summed E-state index contributed by atoms with van der Waals surface area (Å²) in [7, 11) is 0. The molecule has 0 radical (unpaired) electrons. The first kappa shape index (κ1) is 14.2. The van der Waals surface area contributed by atoms with E-state index in [-0.39, 0.29) is 6.04 Å². The van der Waals surface area contributed by atoms with Crippen LogP contribution in [-0.4, -0.2) is 11.5 Å². The minimum atomic E-state index is 0.269. The van der Waals surface area contributed by atoms with Gasteiger partial charge in [0, 0.05) is 4.88 Å². The van der Waals surface area contributed by atoms with Gasteiger partial charge in [-0.25, -0.2) is 4.98 Å². The Morgan fingerprint density at radius 3 is 2.63 bits per heavy atom. The van der Waals surface area contributed by atoms with E-state index in [1.807, 2.05) is 0 Å². The van der Waals surface area contributed by atoms with Crippen LogP contribution < -0.4 is 5.32 Å². The van der Waals surface area contributed by atoms with Crippen LogP contribution in [0.4, 0.5) is 0 Å². The molecule has 0 amide bonds. The Kier molecular flexibility index (Phi) is 4.72. The van der Waals surface area contributed by atoms with Crippen LogP contribution in [-0.2, 0) is 0 Å². The summed E-state index contributed by atoms with van der Waals surface area (Å²) in [6.07, 6.45) is 1.14. The lowest BCUT2D eigenvalue weighted by molar-refractivity contribution is 0.602. The number of nitrogens with one attached hydrogen (secondary N) is 1. The van der Waals surface area contributed by atoms with E-state index in [1.165, 1.54) is 16.0 Å². The predicted octanol–water partition coefficient (Wildman–Crippen LogP) is 4.16. The lowest BCUT2D eigenvalue weighted by Gasteiger charge is -2.18. The zero-order valence-electron chi connectivity index (χ0n) is 12.2. The average Bonchev–Trinajstić information content (AvgIpc) is 2.69. The molecule has 1 aromatic heterocycles. The summed E-state index contributed by atoms with van der Waals surface area (Å²) in [6.45, 7) is 9.55. The lowest BCUT2D eigenvalue weighted by atomic mass is 10.0. The molecule has 2 aromatic rings. The van der Waals surface area contributed by atoms with E-state index in [0.717, 1.165) is 23.7 Å². The Labute approximate surface area is 119 Å². The quantitative estimate of drug-likeness (QED) is 0.885. The van der Waals surface area contributed by atoms with Gasteiger partial charge in [0.05, 0.1) is 16.7 Å². The Balaban J connectivity index is 2.38. The van der Waals surface area contributed by atoms with Gasteiger partial charge < -0.3 is 5.32 Å². The van der Waals surface area contributed by atoms with E-state index in [4.69, 9.17) is 0 Å². The van der Waals surface area contributed by atoms with E-state index >= 15 is 0 Å². The SMILES string of the molecule is CCCNC(c1cccc(C)c1)c1sc(C)nc1C. The molecule has 19 heavy (non-hydrogen) atoms. The molecule has 1 atom stereocenters. The Bertz CT molecular complexity index is 545. The van der Waals surface area contributed by atoms with Crippen molar-refractivity contribution in [3.05, 3.63) is 51.0 Å². The van der Waals surface area contributed by atoms with Gasteiger partial charge in [0.25, 0.3) is 0 Å². The summed E-state index contributed by atoms with van der Waals surface area (Å²) in [4.78, 5) is 5.91. The van der Waals surface area contributed by atoms with Crippen LogP contribution in [0.3, 0.4) is 0 Å². The first-order valence-corrected chi connectivity index (χ1v) is 7.67. The number of rotatable bonds is 5. The third-order valence-corrected chi connectivity index (χ3v) is 4.31. The Morgan fingerprint density at radius 2 is 2.05 bits per heavy atom. The van der Waals surface area contributed by atoms with Crippen molar-refractivity contribution in [3.8, 4) is 0 Å². The largest absolute Gasteiger partial charge is 0.306 e. The number of aryl methyl sites for hydroxylation is 3. The van der Waals surface area contributed by atoms with E-state index in [1.54, 1.807) is 11.3 Å². The molecule has 0 aliphatic heterocycles. The summed E-state index contributed by atoms with van der Waals surface area (Å²) < 4.78 is 0. The molecule has 1 unspecified atom stereocenters. The minimum Gasteiger partial charge on any atom is -0.306 e. The maximum absolute atomic E-state index is 4.57. The number of nitrogens with zero attached hydrogens (tertiary/aromatic N) is 1. The van der Waals surface area contributed by atoms with Crippen LogP contribution >= 0.6 is 11.3 Å². The molecule has 0 fully saturated rings. The molecular weight excluding hydrogens is 252 g/mol.